The fraction of sp³-hybridized carbons (Fsp3) is 0.357. The van der Waals surface area contributed by atoms with E-state index in [1.54, 1.807) is 38.7 Å². The molecule has 96 valence electrons. The molecule has 0 aliphatic carbocycles. The number of ether oxygens (including phenoxy) is 3. The lowest BCUT2D eigenvalue weighted by Gasteiger charge is -2.13. The maximum absolute atomic E-state index is 12.2. The van der Waals surface area contributed by atoms with Crippen LogP contribution in [0.15, 0.2) is 30.0 Å². The van der Waals surface area contributed by atoms with Crippen molar-refractivity contribution in [1.82, 2.24) is 0 Å². The molecule has 0 saturated carbocycles. The van der Waals surface area contributed by atoms with Crippen LogP contribution < -0.4 is 9.47 Å². The average molecular weight is 248 g/mol. The second-order valence-electron chi connectivity index (χ2n) is 4.02. The van der Waals surface area contributed by atoms with E-state index in [-0.39, 0.29) is 5.78 Å². The number of benzene rings is 1. The van der Waals surface area contributed by atoms with Crippen LogP contribution in [-0.2, 0) is 4.74 Å². The number of allylic oxidation sites excluding steroid dienone is 1. The lowest BCUT2D eigenvalue weighted by Crippen LogP contribution is -2.09. The highest BCUT2D eigenvalue weighted by Gasteiger charge is 2.17. The first-order valence-corrected chi connectivity index (χ1v) is 5.83. The Morgan fingerprint density at radius 2 is 2.00 bits per heavy atom. The maximum atomic E-state index is 12.2. The molecule has 0 aromatic heterocycles. The number of methoxy groups -OCH3 is 2. The first-order chi connectivity index (χ1) is 8.76. The van der Waals surface area contributed by atoms with Crippen LogP contribution in [-0.4, -0.2) is 26.6 Å². The van der Waals surface area contributed by atoms with Gasteiger partial charge in [-0.3, -0.25) is 4.79 Å². The minimum atomic E-state index is -0.0179. The van der Waals surface area contributed by atoms with Crippen molar-refractivity contribution < 1.29 is 19.0 Å². The Morgan fingerprint density at radius 3 is 2.61 bits per heavy atom. The van der Waals surface area contributed by atoms with E-state index in [4.69, 9.17) is 14.2 Å². The van der Waals surface area contributed by atoms with E-state index in [1.807, 2.05) is 0 Å². The van der Waals surface area contributed by atoms with Gasteiger partial charge in [0.15, 0.2) is 17.3 Å². The Morgan fingerprint density at radius 1 is 1.22 bits per heavy atom. The number of ketones is 1. The Labute approximate surface area is 106 Å². The normalized spacial score (nSPS) is 14.4. The van der Waals surface area contributed by atoms with E-state index < -0.39 is 0 Å². The van der Waals surface area contributed by atoms with Crippen LogP contribution in [0.25, 0.3) is 0 Å². The quantitative estimate of drug-likeness (QED) is 0.768. The molecule has 0 fully saturated rings. The van der Waals surface area contributed by atoms with Crippen molar-refractivity contribution in [3.8, 4) is 11.5 Å². The molecule has 0 spiro atoms. The molecule has 0 radical (unpaired) electrons. The average Bonchev–Trinajstić information content (AvgIpc) is 2.46. The highest BCUT2D eigenvalue weighted by molar-refractivity contribution is 6.08. The first-order valence-electron chi connectivity index (χ1n) is 5.83. The summed E-state index contributed by atoms with van der Waals surface area (Å²) in [7, 11) is 3.12. The second-order valence-corrected chi connectivity index (χ2v) is 4.02. The van der Waals surface area contributed by atoms with Crippen LogP contribution in [0.3, 0.4) is 0 Å². The molecule has 1 aliphatic rings. The van der Waals surface area contributed by atoms with Gasteiger partial charge in [0.25, 0.3) is 0 Å². The molecule has 0 atom stereocenters. The smallest absolute Gasteiger partial charge is 0.192 e. The summed E-state index contributed by atoms with van der Waals surface area (Å²) >= 11 is 0. The van der Waals surface area contributed by atoms with Crippen molar-refractivity contribution in [2.24, 2.45) is 0 Å². The third kappa shape index (κ3) is 2.47. The number of Topliss-reactive ketones (excluding diaryl/α,β-unsaturated/α-hetero) is 1. The van der Waals surface area contributed by atoms with E-state index >= 15 is 0 Å². The van der Waals surface area contributed by atoms with Gasteiger partial charge in [-0.1, -0.05) is 0 Å². The minimum absolute atomic E-state index is 0.0179. The molecule has 0 saturated heterocycles. The fourth-order valence-corrected chi connectivity index (χ4v) is 1.89. The Bertz CT molecular complexity index is 477. The van der Waals surface area contributed by atoms with Crippen molar-refractivity contribution in [3.63, 3.8) is 0 Å². The predicted octanol–water partition coefficient (Wildman–Crippen LogP) is 2.58. The van der Waals surface area contributed by atoms with Crippen molar-refractivity contribution >= 4 is 5.78 Å². The van der Waals surface area contributed by atoms with E-state index in [2.05, 4.69) is 0 Å². The molecule has 2 rings (SSSR count). The highest BCUT2D eigenvalue weighted by Crippen LogP contribution is 2.29. The monoisotopic (exact) mass is 248 g/mol. The van der Waals surface area contributed by atoms with Crippen molar-refractivity contribution in [2.45, 2.75) is 12.8 Å². The summed E-state index contributed by atoms with van der Waals surface area (Å²) < 4.78 is 15.5. The van der Waals surface area contributed by atoms with Gasteiger partial charge >= 0.3 is 0 Å². The third-order valence-corrected chi connectivity index (χ3v) is 2.87. The lowest BCUT2D eigenvalue weighted by atomic mass is 9.99. The number of hydrogen-bond acceptors (Lipinski definition) is 4. The van der Waals surface area contributed by atoms with Gasteiger partial charge in [-0.25, -0.2) is 0 Å². The molecule has 0 N–H and O–H groups in total. The predicted molar refractivity (Wildman–Crippen MR) is 67.1 cm³/mol. The van der Waals surface area contributed by atoms with Crippen LogP contribution in [0.1, 0.15) is 23.2 Å². The fourth-order valence-electron chi connectivity index (χ4n) is 1.89. The SMILES string of the molecule is COc1ccc(C(=O)C2=COCCC2)cc1OC. The Hall–Kier alpha value is -1.97. The second kappa shape index (κ2) is 5.58. The molecule has 0 unspecified atom stereocenters. The highest BCUT2D eigenvalue weighted by atomic mass is 16.5. The van der Waals surface area contributed by atoms with Gasteiger partial charge in [0.2, 0.25) is 0 Å². The molecule has 1 aromatic carbocycles. The zero-order valence-electron chi connectivity index (χ0n) is 10.6. The van der Waals surface area contributed by atoms with Gasteiger partial charge in [0, 0.05) is 11.1 Å². The number of rotatable bonds is 4. The summed E-state index contributed by atoms with van der Waals surface area (Å²) in [6.45, 7) is 0.683. The molecule has 1 heterocycles. The molecule has 0 bridgehead atoms. The summed E-state index contributed by atoms with van der Waals surface area (Å²) in [5.74, 6) is 1.15. The standard InChI is InChI=1S/C14H16O4/c1-16-12-6-5-10(8-13(12)17-2)14(15)11-4-3-7-18-9-11/h5-6,8-9H,3-4,7H2,1-2H3. The number of hydrogen-bond donors (Lipinski definition) is 0. The summed E-state index contributed by atoms with van der Waals surface area (Å²) in [5.41, 5.74) is 1.29. The van der Waals surface area contributed by atoms with Gasteiger partial charge in [-0.2, -0.15) is 0 Å². The van der Waals surface area contributed by atoms with Gasteiger partial charge in [0.05, 0.1) is 27.1 Å². The lowest BCUT2D eigenvalue weighted by molar-refractivity contribution is 0.101. The summed E-state index contributed by atoms with van der Waals surface area (Å²) in [4.78, 5) is 12.2. The first kappa shape index (κ1) is 12.5. The van der Waals surface area contributed by atoms with Gasteiger partial charge < -0.3 is 14.2 Å². The van der Waals surface area contributed by atoms with Crippen LogP contribution in [0.5, 0.6) is 11.5 Å². The molecule has 4 heteroatoms. The van der Waals surface area contributed by atoms with E-state index in [0.717, 1.165) is 12.8 Å². The zero-order chi connectivity index (χ0) is 13.0. The van der Waals surface area contributed by atoms with Gasteiger partial charge in [0.1, 0.15) is 0 Å². The molecular formula is C14H16O4. The summed E-state index contributed by atoms with van der Waals surface area (Å²) in [5, 5.41) is 0. The molecule has 1 aromatic rings. The maximum Gasteiger partial charge on any atom is 0.192 e. The Balaban J connectivity index is 2.27. The van der Waals surface area contributed by atoms with Crippen LogP contribution >= 0.6 is 0 Å². The Kier molecular flexibility index (Phi) is 3.87. The van der Waals surface area contributed by atoms with Crippen LogP contribution in [0.2, 0.25) is 0 Å². The molecule has 4 nitrogen and oxygen atoms in total. The summed E-state index contributed by atoms with van der Waals surface area (Å²) in [6, 6.07) is 5.16. The van der Waals surface area contributed by atoms with Crippen molar-refractivity contribution in [3.05, 3.63) is 35.6 Å². The van der Waals surface area contributed by atoms with Crippen molar-refractivity contribution in [1.29, 1.82) is 0 Å². The van der Waals surface area contributed by atoms with Gasteiger partial charge in [-0.05, 0) is 31.0 Å². The van der Waals surface area contributed by atoms with E-state index in [1.165, 1.54) is 0 Å². The van der Waals surface area contributed by atoms with Gasteiger partial charge in [-0.15, -0.1) is 0 Å². The number of carbonyl (C=O) groups excluding carboxylic acids is 1. The van der Waals surface area contributed by atoms with Crippen molar-refractivity contribution in [2.75, 3.05) is 20.8 Å². The van der Waals surface area contributed by atoms with E-state index in [0.29, 0.717) is 29.2 Å². The molecule has 0 amide bonds. The summed E-state index contributed by atoms with van der Waals surface area (Å²) in [6.07, 6.45) is 3.20. The molecule has 18 heavy (non-hydrogen) atoms. The third-order valence-electron chi connectivity index (χ3n) is 2.87. The van der Waals surface area contributed by atoms with E-state index in [9.17, 15) is 4.79 Å². The zero-order valence-corrected chi connectivity index (χ0v) is 10.6. The topological polar surface area (TPSA) is 44.8 Å². The molecular weight excluding hydrogens is 232 g/mol. The molecule has 1 aliphatic heterocycles. The number of carbonyl (C=O) groups is 1. The van der Waals surface area contributed by atoms with Crippen LogP contribution in [0, 0.1) is 0 Å². The minimum Gasteiger partial charge on any atom is -0.501 e. The largest absolute Gasteiger partial charge is 0.501 e. The van der Waals surface area contributed by atoms with Crippen LogP contribution in [0.4, 0.5) is 0 Å².